The fourth-order valence-electron chi connectivity index (χ4n) is 3.78. The second-order valence-corrected chi connectivity index (χ2v) is 13.8. The highest BCUT2D eigenvalue weighted by atomic mass is 16.5. The van der Waals surface area contributed by atoms with Gasteiger partial charge in [0.1, 0.15) is 0 Å². The van der Waals surface area contributed by atoms with Crippen molar-refractivity contribution in [1.29, 1.82) is 0 Å². The van der Waals surface area contributed by atoms with Gasteiger partial charge < -0.3 is 14.2 Å². The van der Waals surface area contributed by atoms with Crippen LogP contribution in [0.1, 0.15) is 124 Å². The molecule has 0 radical (unpaired) electrons. The van der Waals surface area contributed by atoms with Crippen molar-refractivity contribution in [3.63, 3.8) is 0 Å². The molecule has 2 unspecified atom stereocenters. The summed E-state index contributed by atoms with van der Waals surface area (Å²) in [5.41, 5.74) is -0.573. The van der Waals surface area contributed by atoms with Crippen LogP contribution in [-0.2, 0) is 14.2 Å². The Morgan fingerprint density at radius 2 is 1.10 bits per heavy atom. The number of hydrogen-bond acceptors (Lipinski definition) is 3. The first-order valence-corrected chi connectivity index (χ1v) is 11.9. The lowest BCUT2D eigenvalue weighted by Crippen LogP contribution is -2.51. The molecule has 30 heavy (non-hydrogen) atoms. The molecule has 0 amide bonds. The molecule has 0 aliphatic heterocycles. The average molecular weight is 429 g/mol. The van der Waals surface area contributed by atoms with Gasteiger partial charge >= 0.3 is 0 Å². The molecule has 0 spiro atoms. The summed E-state index contributed by atoms with van der Waals surface area (Å²) in [7, 11) is 0. The molecule has 0 aromatic rings. The van der Waals surface area contributed by atoms with Crippen molar-refractivity contribution in [2.45, 2.75) is 153 Å². The van der Waals surface area contributed by atoms with E-state index in [4.69, 9.17) is 14.2 Å². The van der Waals surface area contributed by atoms with E-state index in [0.29, 0.717) is 6.61 Å². The van der Waals surface area contributed by atoms with Crippen LogP contribution >= 0.6 is 0 Å². The van der Waals surface area contributed by atoms with E-state index in [2.05, 4.69) is 111 Å². The summed E-state index contributed by atoms with van der Waals surface area (Å²) >= 11 is 0. The molecule has 0 aromatic heterocycles. The minimum atomic E-state index is -0.307. The van der Waals surface area contributed by atoms with E-state index in [0.717, 1.165) is 12.8 Å². The maximum atomic E-state index is 6.55. The molecule has 0 aliphatic rings. The van der Waals surface area contributed by atoms with Crippen LogP contribution in [0.2, 0.25) is 0 Å². The van der Waals surface area contributed by atoms with Gasteiger partial charge in [0.05, 0.1) is 29.0 Å². The van der Waals surface area contributed by atoms with Gasteiger partial charge in [0, 0.05) is 12.0 Å². The van der Waals surface area contributed by atoms with Gasteiger partial charge in [-0.3, -0.25) is 0 Å². The van der Waals surface area contributed by atoms with Crippen LogP contribution < -0.4 is 0 Å². The first-order valence-electron chi connectivity index (χ1n) is 11.9. The van der Waals surface area contributed by atoms with Crippen LogP contribution in [0.4, 0.5) is 0 Å². The van der Waals surface area contributed by atoms with E-state index in [-0.39, 0.29) is 45.3 Å². The maximum absolute atomic E-state index is 6.55. The molecular weight excluding hydrogens is 372 g/mol. The molecule has 0 N–H and O–H groups in total. The molecular formula is C27H56O3. The van der Waals surface area contributed by atoms with Crippen molar-refractivity contribution in [3.8, 4) is 0 Å². The molecule has 0 saturated heterocycles. The van der Waals surface area contributed by atoms with E-state index < -0.39 is 0 Å². The van der Waals surface area contributed by atoms with E-state index in [1.807, 2.05) is 0 Å². The van der Waals surface area contributed by atoms with Crippen LogP contribution in [0.15, 0.2) is 0 Å². The van der Waals surface area contributed by atoms with Gasteiger partial charge in [-0.2, -0.15) is 0 Å². The molecule has 0 bridgehead atoms. The van der Waals surface area contributed by atoms with E-state index in [9.17, 15) is 0 Å². The highest BCUT2D eigenvalue weighted by Gasteiger charge is 2.45. The van der Waals surface area contributed by atoms with E-state index in [1.165, 1.54) is 0 Å². The Morgan fingerprint density at radius 3 is 1.50 bits per heavy atom. The Balaban J connectivity index is 5.04. The summed E-state index contributed by atoms with van der Waals surface area (Å²) < 4.78 is 19.3. The minimum Gasteiger partial charge on any atom is -0.375 e. The number of hydrogen-bond donors (Lipinski definition) is 0. The SMILES string of the molecule is CC(CC(C)(C)C)OC(C)(C)C(C)(C)CCOC(C)(C)C(C)(C)C(C)OC(C)(C)C. The molecule has 0 aromatic carbocycles. The van der Waals surface area contributed by atoms with Gasteiger partial charge in [-0.1, -0.05) is 48.5 Å². The summed E-state index contributed by atoms with van der Waals surface area (Å²) in [4.78, 5) is 0. The molecule has 0 fully saturated rings. The first kappa shape index (κ1) is 29.9. The maximum Gasteiger partial charge on any atom is 0.0701 e. The smallest absolute Gasteiger partial charge is 0.0701 e. The summed E-state index contributed by atoms with van der Waals surface area (Å²) in [5.74, 6) is 0. The van der Waals surface area contributed by atoms with E-state index in [1.54, 1.807) is 0 Å². The molecule has 0 heterocycles. The third-order valence-electron chi connectivity index (χ3n) is 7.31. The van der Waals surface area contributed by atoms with Gasteiger partial charge in [-0.05, 0) is 86.0 Å². The van der Waals surface area contributed by atoms with E-state index >= 15 is 0 Å². The minimum absolute atomic E-state index is 0.00705. The van der Waals surface area contributed by atoms with Crippen molar-refractivity contribution >= 4 is 0 Å². The largest absolute Gasteiger partial charge is 0.375 e. The lowest BCUT2D eigenvalue weighted by molar-refractivity contribution is -0.190. The fraction of sp³-hybridized carbons (Fsp3) is 1.00. The Kier molecular flexibility index (Phi) is 9.75. The predicted octanol–water partition coefficient (Wildman–Crippen LogP) is 8.05. The fourth-order valence-corrected chi connectivity index (χ4v) is 3.78. The summed E-state index contributed by atoms with van der Waals surface area (Å²) in [6, 6.07) is 0. The van der Waals surface area contributed by atoms with Crippen molar-refractivity contribution < 1.29 is 14.2 Å². The topological polar surface area (TPSA) is 27.7 Å². The van der Waals surface area contributed by atoms with Crippen molar-refractivity contribution in [2.24, 2.45) is 16.2 Å². The van der Waals surface area contributed by atoms with Gasteiger partial charge in [0.25, 0.3) is 0 Å². The van der Waals surface area contributed by atoms with Crippen LogP contribution in [0.5, 0.6) is 0 Å². The quantitative estimate of drug-likeness (QED) is 0.333. The molecule has 182 valence electrons. The number of rotatable bonds is 11. The first-order chi connectivity index (χ1) is 12.9. The average Bonchev–Trinajstić information content (AvgIpc) is 2.41. The highest BCUT2D eigenvalue weighted by Crippen LogP contribution is 2.42. The molecule has 2 atom stereocenters. The Hall–Kier alpha value is -0.120. The normalized spacial score (nSPS) is 17.2. The number of ether oxygens (including phenoxy) is 3. The van der Waals surface area contributed by atoms with Gasteiger partial charge in [0.2, 0.25) is 0 Å². The van der Waals surface area contributed by atoms with Crippen molar-refractivity contribution in [1.82, 2.24) is 0 Å². The third kappa shape index (κ3) is 9.17. The van der Waals surface area contributed by atoms with Gasteiger partial charge in [-0.25, -0.2) is 0 Å². The monoisotopic (exact) mass is 428 g/mol. The Bertz CT molecular complexity index is 515. The molecule has 0 saturated carbocycles. The van der Waals surface area contributed by atoms with Crippen LogP contribution in [0, 0.1) is 16.2 Å². The Labute approximate surface area is 190 Å². The zero-order valence-electron chi connectivity index (χ0n) is 23.5. The zero-order chi connectivity index (χ0) is 24.4. The molecule has 3 heteroatoms. The van der Waals surface area contributed by atoms with Crippen LogP contribution in [0.3, 0.4) is 0 Å². The standard InChI is InChI=1S/C27H56O3/c1-20(19-22(3,4)5)29-26(13,14)24(9,10)17-18-28-27(15,16)25(11,12)21(2)30-23(6,7)8/h20-21H,17-19H2,1-16H3. The van der Waals surface area contributed by atoms with Gasteiger partial charge in [0.15, 0.2) is 0 Å². The summed E-state index contributed by atoms with van der Waals surface area (Å²) in [5, 5.41) is 0. The molecule has 0 aliphatic carbocycles. The summed E-state index contributed by atoms with van der Waals surface area (Å²) in [6.45, 7) is 36.1. The Morgan fingerprint density at radius 1 is 0.633 bits per heavy atom. The van der Waals surface area contributed by atoms with Gasteiger partial charge in [-0.15, -0.1) is 0 Å². The van der Waals surface area contributed by atoms with Crippen molar-refractivity contribution in [2.75, 3.05) is 6.61 Å². The summed E-state index contributed by atoms with van der Waals surface area (Å²) in [6.07, 6.45) is 2.30. The highest BCUT2D eigenvalue weighted by molar-refractivity contribution is 4.94. The lowest BCUT2D eigenvalue weighted by atomic mass is 9.72. The molecule has 3 nitrogen and oxygen atoms in total. The second-order valence-electron chi connectivity index (χ2n) is 13.8. The second kappa shape index (κ2) is 9.79. The van der Waals surface area contributed by atoms with Crippen LogP contribution in [-0.4, -0.2) is 35.6 Å². The molecule has 0 rings (SSSR count). The lowest BCUT2D eigenvalue weighted by Gasteiger charge is -2.48. The predicted molar refractivity (Wildman–Crippen MR) is 131 cm³/mol. The van der Waals surface area contributed by atoms with Crippen LogP contribution in [0.25, 0.3) is 0 Å². The van der Waals surface area contributed by atoms with Crippen molar-refractivity contribution in [3.05, 3.63) is 0 Å². The zero-order valence-corrected chi connectivity index (χ0v) is 23.5. The third-order valence-corrected chi connectivity index (χ3v) is 7.31.